The average Bonchev–Trinajstić information content (AvgIpc) is 2.96. The van der Waals surface area contributed by atoms with Gasteiger partial charge in [0.25, 0.3) is 0 Å². The summed E-state index contributed by atoms with van der Waals surface area (Å²) in [5.74, 6) is -0.268. The Morgan fingerprint density at radius 3 is 2.40 bits per heavy atom. The van der Waals surface area contributed by atoms with Crippen LogP contribution in [0.15, 0.2) is 0 Å². The predicted molar refractivity (Wildman–Crippen MR) is 104 cm³/mol. The Bertz CT molecular complexity index is 678. The zero-order chi connectivity index (χ0) is 18.1. The molecule has 0 radical (unpaired) electrons. The van der Waals surface area contributed by atoms with Crippen LogP contribution in [0.1, 0.15) is 49.9 Å². The van der Waals surface area contributed by atoms with Gasteiger partial charge in [-0.1, -0.05) is 20.8 Å². The van der Waals surface area contributed by atoms with Crippen LogP contribution in [0.5, 0.6) is 0 Å². The molecule has 0 bridgehead atoms. The van der Waals surface area contributed by atoms with E-state index in [2.05, 4.69) is 10.6 Å². The van der Waals surface area contributed by atoms with Crippen LogP contribution in [0, 0.1) is 19.3 Å². The fraction of sp³-hybridized carbons (Fsp3) is 0.579. The summed E-state index contributed by atoms with van der Waals surface area (Å²) in [6.07, 6.45) is 1.13. The minimum atomic E-state index is -0.482. The van der Waals surface area contributed by atoms with Crippen molar-refractivity contribution in [2.75, 3.05) is 23.8 Å². The second-order valence-electron chi connectivity index (χ2n) is 7.32. The standard InChI is InChI=1S/C19H28N2O3.ClH/c1-7-24-15(22)10-14-11(2)13-8-9-20-17(13)16(12(14)3)21-18(23)19(4,5)6;/h20H,7-10H2,1-6H3,(H,21,23);1H. The van der Waals surface area contributed by atoms with E-state index < -0.39 is 5.41 Å². The molecule has 140 valence electrons. The topological polar surface area (TPSA) is 67.4 Å². The lowest BCUT2D eigenvalue weighted by Gasteiger charge is -2.23. The second-order valence-corrected chi connectivity index (χ2v) is 7.32. The van der Waals surface area contributed by atoms with Crippen molar-refractivity contribution in [3.63, 3.8) is 0 Å². The molecular formula is C19H29ClN2O3. The molecule has 2 N–H and O–H groups in total. The quantitative estimate of drug-likeness (QED) is 0.793. The van der Waals surface area contributed by atoms with Gasteiger partial charge in [-0.15, -0.1) is 12.4 Å². The minimum Gasteiger partial charge on any atom is -0.466 e. The summed E-state index contributed by atoms with van der Waals surface area (Å²) < 4.78 is 5.11. The third-order valence-electron chi connectivity index (χ3n) is 4.51. The predicted octanol–water partition coefficient (Wildman–Crippen LogP) is 3.78. The highest BCUT2D eigenvalue weighted by atomic mass is 35.5. The van der Waals surface area contributed by atoms with Crippen molar-refractivity contribution in [2.45, 2.75) is 54.4 Å². The average molecular weight is 369 g/mol. The molecule has 1 aliphatic rings. The molecule has 0 saturated heterocycles. The van der Waals surface area contributed by atoms with Crippen LogP contribution in [0.2, 0.25) is 0 Å². The highest BCUT2D eigenvalue weighted by molar-refractivity contribution is 6.00. The molecule has 1 heterocycles. The number of benzene rings is 1. The summed E-state index contributed by atoms with van der Waals surface area (Å²) in [5.41, 5.74) is 5.51. The fourth-order valence-corrected chi connectivity index (χ4v) is 3.04. The van der Waals surface area contributed by atoms with E-state index in [1.54, 1.807) is 6.92 Å². The Balaban J connectivity index is 0.00000312. The number of ether oxygens (including phenoxy) is 1. The summed E-state index contributed by atoms with van der Waals surface area (Å²) in [6.45, 7) is 12.7. The first-order valence-electron chi connectivity index (χ1n) is 8.52. The maximum atomic E-state index is 12.5. The maximum absolute atomic E-state index is 12.5. The number of esters is 1. The van der Waals surface area contributed by atoms with E-state index in [9.17, 15) is 9.59 Å². The van der Waals surface area contributed by atoms with Gasteiger partial charge in [-0.25, -0.2) is 0 Å². The molecule has 6 heteroatoms. The normalized spacial score (nSPS) is 12.7. The molecule has 0 atom stereocenters. The molecule has 0 spiro atoms. The van der Waals surface area contributed by atoms with Crippen molar-refractivity contribution in [1.82, 2.24) is 0 Å². The fourth-order valence-electron chi connectivity index (χ4n) is 3.04. The number of nitrogens with one attached hydrogen (secondary N) is 2. The molecule has 1 aromatic carbocycles. The van der Waals surface area contributed by atoms with Crippen molar-refractivity contribution >= 4 is 35.7 Å². The molecular weight excluding hydrogens is 340 g/mol. The lowest BCUT2D eigenvalue weighted by molar-refractivity contribution is -0.142. The third-order valence-corrected chi connectivity index (χ3v) is 4.51. The number of halogens is 1. The third kappa shape index (κ3) is 4.46. The van der Waals surface area contributed by atoms with Crippen molar-refractivity contribution in [1.29, 1.82) is 0 Å². The van der Waals surface area contributed by atoms with Crippen LogP contribution in [0.25, 0.3) is 0 Å². The van der Waals surface area contributed by atoms with Gasteiger partial charge in [-0.3, -0.25) is 9.59 Å². The number of rotatable bonds is 4. The van der Waals surface area contributed by atoms with Gasteiger partial charge < -0.3 is 15.4 Å². The largest absolute Gasteiger partial charge is 0.466 e. The van der Waals surface area contributed by atoms with Crippen molar-refractivity contribution in [3.05, 3.63) is 22.3 Å². The molecule has 0 unspecified atom stereocenters. The van der Waals surface area contributed by atoms with Gasteiger partial charge in [0.05, 0.1) is 24.4 Å². The summed E-state index contributed by atoms with van der Waals surface area (Å²) >= 11 is 0. The van der Waals surface area contributed by atoms with E-state index in [-0.39, 0.29) is 30.7 Å². The smallest absolute Gasteiger partial charge is 0.310 e. The number of amides is 1. The van der Waals surface area contributed by atoms with Gasteiger partial charge >= 0.3 is 5.97 Å². The molecule has 0 fully saturated rings. The van der Waals surface area contributed by atoms with Gasteiger partial charge in [0, 0.05) is 12.0 Å². The first kappa shape index (κ1) is 21.3. The zero-order valence-corrected chi connectivity index (χ0v) is 16.8. The van der Waals surface area contributed by atoms with Gasteiger partial charge in [0.1, 0.15) is 0 Å². The number of hydrogen-bond donors (Lipinski definition) is 2. The van der Waals surface area contributed by atoms with Crippen LogP contribution in [-0.4, -0.2) is 25.0 Å². The van der Waals surface area contributed by atoms with E-state index in [1.165, 1.54) is 5.56 Å². The summed E-state index contributed by atoms with van der Waals surface area (Å²) in [6, 6.07) is 0. The minimum absolute atomic E-state index is 0. The SMILES string of the molecule is CCOC(=O)Cc1c(C)c2c(c(NC(=O)C(C)(C)C)c1C)NCC2.Cl. The Labute approximate surface area is 156 Å². The van der Waals surface area contributed by atoms with Gasteiger partial charge in [-0.2, -0.15) is 0 Å². The van der Waals surface area contributed by atoms with E-state index >= 15 is 0 Å². The Morgan fingerprint density at radius 1 is 1.20 bits per heavy atom. The number of hydrogen-bond acceptors (Lipinski definition) is 4. The van der Waals surface area contributed by atoms with E-state index in [0.717, 1.165) is 41.0 Å². The monoisotopic (exact) mass is 368 g/mol. The number of carbonyl (C=O) groups is 2. The molecule has 5 nitrogen and oxygen atoms in total. The van der Waals surface area contributed by atoms with Crippen molar-refractivity contribution in [2.24, 2.45) is 5.41 Å². The van der Waals surface area contributed by atoms with E-state index in [0.29, 0.717) is 6.61 Å². The summed E-state index contributed by atoms with van der Waals surface area (Å²) in [4.78, 5) is 24.5. The lowest BCUT2D eigenvalue weighted by Crippen LogP contribution is -2.28. The lowest BCUT2D eigenvalue weighted by atomic mass is 9.90. The molecule has 0 saturated carbocycles. The molecule has 1 aromatic rings. The van der Waals surface area contributed by atoms with Crippen LogP contribution in [0.3, 0.4) is 0 Å². The highest BCUT2D eigenvalue weighted by Crippen LogP contribution is 2.40. The number of carbonyl (C=O) groups excluding carboxylic acids is 2. The van der Waals surface area contributed by atoms with Crippen LogP contribution >= 0.6 is 12.4 Å². The summed E-state index contributed by atoms with van der Waals surface area (Å²) in [7, 11) is 0. The maximum Gasteiger partial charge on any atom is 0.310 e. The molecule has 25 heavy (non-hydrogen) atoms. The molecule has 0 aromatic heterocycles. The Kier molecular flexibility index (Phi) is 6.89. The van der Waals surface area contributed by atoms with Gasteiger partial charge in [-0.05, 0) is 49.4 Å². The molecule has 2 rings (SSSR count). The summed E-state index contributed by atoms with van der Waals surface area (Å²) in [5, 5.41) is 6.45. The Hall–Kier alpha value is -1.75. The molecule has 1 aliphatic heterocycles. The van der Waals surface area contributed by atoms with Crippen molar-refractivity contribution < 1.29 is 14.3 Å². The van der Waals surface area contributed by atoms with Crippen LogP contribution in [-0.2, 0) is 27.2 Å². The number of anilines is 2. The van der Waals surface area contributed by atoms with Crippen LogP contribution < -0.4 is 10.6 Å². The first-order chi connectivity index (χ1) is 11.2. The molecule has 0 aliphatic carbocycles. The Morgan fingerprint density at radius 2 is 1.84 bits per heavy atom. The highest BCUT2D eigenvalue weighted by Gasteiger charge is 2.28. The van der Waals surface area contributed by atoms with E-state index in [4.69, 9.17) is 4.74 Å². The number of fused-ring (bicyclic) bond motifs is 1. The van der Waals surface area contributed by atoms with Crippen LogP contribution in [0.4, 0.5) is 11.4 Å². The second kappa shape index (κ2) is 8.09. The molecule has 1 amide bonds. The first-order valence-corrected chi connectivity index (χ1v) is 8.52. The van der Waals surface area contributed by atoms with Crippen molar-refractivity contribution in [3.8, 4) is 0 Å². The van der Waals surface area contributed by atoms with Gasteiger partial charge in [0.2, 0.25) is 5.91 Å². The zero-order valence-electron chi connectivity index (χ0n) is 16.0. The van der Waals surface area contributed by atoms with Gasteiger partial charge in [0.15, 0.2) is 0 Å². The van der Waals surface area contributed by atoms with E-state index in [1.807, 2.05) is 34.6 Å².